The topological polar surface area (TPSA) is 78.1 Å². The molecular weight excluding hydrogens is 274 g/mol. The highest BCUT2D eigenvalue weighted by Crippen LogP contribution is 2.26. The van der Waals surface area contributed by atoms with E-state index in [0.29, 0.717) is 10.7 Å². The molecule has 5 nitrogen and oxygen atoms in total. The standard InChI is InChI=1S/C14H11N3O2S/c1-19-13(18)9-4-2-8(3-5-9)10-6-7-11-12(16-10)20-14(15)17-11/h2-7H,1H3,(H2,15,17). The molecule has 0 spiro atoms. The van der Waals surface area contributed by atoms with Crippen molar-refractivity contribution in [1.29, 1.82) is 0 Å². The number of methoxy groups -OCH3 is 1. The molecule has 0 bridgehead atoms. The maximum Gasteiger partial charge on any atom is 0.337 e. The number of carbonyl (C=O) groups excluding carboxylic acids is 1. The van der Waals surface area contributed by atoms with Gasteiger partial charge in [0.2, 0.25) is 0 Å². The summed E-state index contributed by atoms with van der Waals surface area (Å²) in [6.07, 6.45) is 0. The number of nitrogens with two attached hydrogens (primary N) is 1. The zero-order valence-electron chi connectivity index (χ0n) is 10.7. The molecule has 3 aromatic rings. The molecule has 2 heterocycles. The first kappa shape index (κ1) is 12.6. The number of aromatic nitrogens is 2. The average molecular weight is 285 g/mol. The van der Waals surface area contributed by atoms with Crippen molar-refractivity contribution < 1.29 is 9.53 Å². The van der Waals surface area contributed by atoms with Gasteiger partial charge in [0, 0.05) is 5.56 Å². The number of anilines is 1. The molecule has 2 N–H and O–H groups in total. The number of fused-ring (bicyclic) bond motifs is 1. The molecule has 0 saturated heterocycles. The van der Waals surface area contributed by atoms with Crippen LogP contribution < -0.4 is 5.73 Å². The molecule has 0 amide bonds. The molecule has 0 saturated carbocycles. The van der Waals surface area contributed by atoms with Crippen LogP contribution in [0.4, 0.5) is 5.13 Å². The van der Waals surface area contributed by atoms with E-state index in [1.165, 1.54) is 18.4 Å². The van der Waals surface area contributed by atoms with Crippen molar-refractivity contribution in [3.8, 4) is 11.3 Å². The second-order valence-electron chi connectivity index (χ2n) is 4.14. The van der Waals surface area contributed by atoms with Crippen LogP contribution >= 0.6 is 11.3 Å². The van der Waals surface area contributed by atoms with Crippen molar-refractivity contribution in [2.75, 3.05) is 12.8 Å². The van der Waals surface area contributed by atoms with Gasteiger partial charge in [0.25, 0.3) is 0 Å². The molecule has 3 rings (SSSR count). The summed E-state index contributed by atoms with van der Waals surface area (Å²) in [6.45, 7) is 0. The van der Waals surface area contributed by atoms with E-state index < -0.39 is 0 Å². The third-order valence-electron chi connectivity index (χ3n) is 2.87. The van der Waals surface area contributed by atoms with E-state index in [9.17, 15) is 4.79 Å². The lowest BCUT2D eigenvalue weighted by atomic mass is 10.1. The van der Waals surface area contributed by atoms with Gasteiger partial charge in [0.05, 0.1) is 18.4 Å². The molecule has 0 aliphatic carbocycles. The zero-order chi connectivity index (χ0) is 14.1. The van der Waals surface area contributed by atoms with Crippen molar-refractivity contribution in [2.45, 2.75) is 0 Å². The third kappa shape index (κ3) is 2.21. The van der Waals surface area contributed by atoms with Gasteiger partial charge in [-0.2, -0.15) is 0 Å². The van der Waals surface area contributed by atoms with Gasteiger partial charge in [-0.3, -0.25) is 0 Å². The van der Waals surface area contributed by atoms with Crippen LogP contribution in [-0.2, 0) is 4.74 Å². The van der Waals surface area contributed by atoms with E-state index in [1.807, 2.05) is 24.3 Å². The van der Waals surface area contributed by atoms with Crippen LogP contribution in [0.2, 0.25) is 0 Å². The summed E-state index contributed by atoms with van der Waals surface area (Å²) < 4.78 is 4.67. The number of esters is 1. The van der Waals surface area contributed by atoms with Crippen LogP contribution in [0.15, 0.2) is 36.4 Å². The minimum absolute atomic E-state index is 0.352. The highest BCUT2D eigenvalue weighted by atomic mass is 32.1. The van der Waals surface area contributed by atoms with Crippen molar-refractivity contribution >= 4 is 32.8 Å². The molecular formula is C14H11N3O2S. The molecule has 20 heavy (non-hydrogen) atoms. The second kappa shape index (κ2) is 4.90. The summed E-state index contributed by atoms with van der Waals surface area (Å²) in [4.78, 5) is 20.9. The largest absolute Gasteiger partial charge is 0.465 e. The summed E-state index contributed by atoms with van der Waals surface area (Å²) in [6, 6.07) is 10.9. The molecule has 2 aromatic heterocycles. The van der Waals surface area contributed by atoms with Crippen molar-refractivity contribution in [3.05, 3.63) is 42.0 Å². The molecule has 0 fully saturated rings. The van der Waals surface area contributed by atoms with Gasteiger partial charge in [-0.1, -0.05) is 23.5 Å². The first-order chi connectivity index (χ1) is 9.67. The number of hydrogen-bond acceptors (Lipinski definition) is 6. The van der Waals surface area contributed by atoms with E-state index in [-0.39, 0.29) is 5.97 Å². The average Bonchev–Trinajstić information content (AvgIpc) is 2.85. The van der Waals surface area contributed by atoms with Gasteiger partial charge in [0.1, 0.15) is 10.3 Å². The van der Waals surface area contributed by atoms with E-state index in [4.69, 9.17) is 5.73 Å². The first-order valence-electron chi connectivity index (χ1n) is 5.89. The number of benzene rings is 1. The maximum absolute atomic E-state index is 11.4. The summed E-state index contributed by atoms with van der Waals surface area (Å²) in [5.74, 6) is -0.352. The molecule has 0 atom stereocenters. The Hall–Kier alpha value is -2.47. The number of carbonyl (C=O) groups is 1. The zero-order valence-corrected chi connectivity index (χ0v) is 11.5. The van der Waals surface area contributed by atoms with E-state index in [0.717, 1.165) is 21.6 Å². The fraction of sp³-hybridized carbons (Fsp3) is 0.0714. The van der Waals surface area contributed by atoms with Crippen molar-refractivity contribution in [3.63, 3.8) is 0 Å². The lowest BCUT2D eigenvalue weighted by molar-refractivity contribution is 0.0601. The molecule has 0 radical (unpaired) electrons. The van der Waals surface area contributed by atoms with Crippen molar-refractivity contribution in [2.24, 2.45) is 0 Å². The summed E-state index contributed by atoms with van der Waals surface area (Å²) in [5, 5.41) is 0.505. The van der Waals surface area contributed by atoms with Crippen LogP contribution in [0.25, 0.3) is 21.6 Å². The summed E-state index contributed by atoms with van der Waals surface area (Å²) in [5.41, 5.74) is 8.71. The Kier molecular flexibility index (Phi) is 3.08. The Morgan fingerprint density at radius 3 is 2.60 bits per heavy atom. The van der Waals surface area contributed by atoms with Gasteiger partial charge in [0.15, 0.2) is 5.13 Å². The van der Waals surface area contributed by atoms with Crippen LogP contribution in [0.5, 0.6) is 0 Å². The number of hydrogen-bond donors (Lipinski definition) is 1. The predicted molar refractivity (Wildman–Crippen MR) is 78.6 cm³/mol. The third-order valence-corrected chi connectivity index (χ3v) is 3.67. The molecule has 0 aliphatic heterocycles. The van der Waals surface area contributed by atoms with Gasteiger partial charge in [-0.05, 0) is 24.3 Å². The SMILES string of the molecule is COC(=O)c1ccc(-c2ccc3nc(N)sc3n2)cc1. The lowest BCUT2D eigenvalue weighted by Gasteiger charge is -2.02. The van der Waals surface area contributed by atoms with Crippen LogP contribution in [0, 0.1) is 0 Å². The van der Waals surface area contributed by atoms with Gasteiger partial charge in [-0.25, -0.2) is 14.8 Å². The Labute approximate surface area is 119 Å². The van der Waals surface area contributed by atoms with E-state index in [2.05, 4.69) is 14.7 Å². The number of nitrogens with zero attached hydrogens (tertiary/aromatic N) is 2. The fourth-order valence-electron chi connectivity index (χ4n) is 1.89. The van der Waals surface area contributed by atoms with E-state index in [1.54, 1.807) is 12.1 Å². The Morgan fingerprint density at radius 2 is 1.90 bits per heavy atom. The monoisotopic (exact) mass is 285 g/mol. The van der Waals surface area contributed by atoms with Crippen LogP contribution in [0.1, 0.15) is 10.4 Å². The Morgan fingerprint density at radius 1 is 1.15 bits per heavy atom. The van der Waals surface area contributed by atoms with Gasteiger partial charge in [-0.15, -0.1) is 0 Å². The minimum Gasteiger partial charge on any atom is -0.465 e. The molecule has 6 heteroatoms. The summed E-state index contributed by atoms with van der Waals surface area (Å²) in [7, 11) is 1.36. The highest BCUT2D eigenvalue weighted by Gasteiger charge is 2.08. The maximum atomic E-state index is 11.4. The minimum atomic E-state index is -0.352. The fourth-order valence-corrected chi connectivity index (χ4v) is 2.59. The number of pyridine rings is 1. The number of nitrogen functional groups attached to an aromatic ring is 1. The Balaban J connectivity index is 1.99. The number of thiazole rings is 1. The van der Waals surface area contributed by atoms with Gasteiger partial charge < -0.3 is 10.5 Å². The Bertz CT molecular complexity index is 781. The lowest BCUT2D eigenvalue weighted by Crippen LogP contribution is -2.00. The predicted octanol–water partition coefficient (Wildman–Crippen LogP) is 2.73. The number of rotatable bonds is 2. The van der Waals surface area contributed by atoms with Crippen LogP contribution in [0.3, 0.4) is 0 Å². The molecule has 0 unspecified atom stereocenters. The first-order valence-corrected chi connectivity index (χ1v) is 6.71. The van der Waals surface area contributed by atoms with Crippen LogP contribution in [-0.4, -0.2) is 23.0 Å². The number of ether oxygens (including phenoxy) is 1. The normalized spacial score (nSPS) is 10.7. The summed E-state index contributed by atoms with van der Waals surface area (Å²) >= 11 is 1.35. The molecule has 0 aliphatic rings. The van der Waals surface area contributed by atoms with Gasteiger partial charge >= 0.3 is 5.97 Å². The van der Waals surface area contributed by atoms with E-state index >= 15 is 0 Å². The molecule has 100 valence electrons. The van der Waals surface area contributed by atoms with Crippen molar-refractivity contribution in [1.82, 2.24) is 9.97 Å². The quantitative estimate of drug-likeness (QED) is 0.732. The highest BCUT2D eigenvalue weighted by molar-refractivity contribution is 7.21. The molecule has 1 aromatic carbocycles. The smallest absolute Gasteiger partial charge is 0.337 e. The second-order valence-corrected chi connectivity index (χ2v) is 5.15.